The van der Waals surface area contributed by atoms with E-state index in [1.807, 2.05) is 0 Å². The number of rotatable bonds is 4. The van der Waals surface area contributed by atoms with Crippen molar-refractivity contribution in [3.05, 3.63) is 89.2 Å². The third-order valence-electron chi connectivity index (χ3n) is 6.59. The Bertz CT molecular complexity index is 1330. The van der Waals surface area contributed by atoms with Crippen LogP contribution in [0.15, 0.2) is 71.7 Å². The minimum absolute atomic E-state index is 0.119. The topological polar surface area (TPSA) is 109 Å². The van der Waals surface area contributed by atoms with E-state index in [1.165, 1.54) is 6.07 Å². The Balaban J connectivity index is 1.21. The van der Waals surface area contributed by atoms with Crippen molar-refractivity contribution >= 4 is 29.0 Å². The summed E-state index contributed by atoms with van der Waals surface area (Å²) in [6, 6.07) is 18.4. The van der Waals surface area contributed by atoms with Gasteiger partial charge < -0.3 is 26.0 Å². The molecule has 1 spiro atoms. The minimum atomic E-state index is -0.662. The molecule has 0 aliphatic carbocycles. The predicted octanol–water partition coefficient (Wildman–Crippen LogP) is 3.85. The molecule has 1 fully saturated rings. The van der Waals surface area contributed by atoms with Crippen LogP contribution in [0.3, 0.4) is 0 Å². The standard InChI is InChI=1S/C27H26FN5O3/c1-36-20-11-9-19(10-12-20)30-25(34)17-5-7-18(8-6-17)26(35)33-15-13-27(14-16-33)31-22-4-2-3-21(28)23(22)24(29)32-27/h2-12,31H,13-16H2,1H3,(H2,29,32)(H,30,34). The second-order valence-electron chi connectivity index (χ2n) is 8.87. The summed E-state index contributed by atoms with van der Waals surface area (Å²) in [6.07, 6.45) is 1.08. The zero-order valence-electron chi connectivity index (χ0n) is 19.8. The van der Waals surface area contributed by atoms with Gasteiger partial charge in [-0.15, -0.1) is 0 Å². The molecule has 8 nitrogen and oxygen atoms in total. The molecule has 36 heavy (non-hydrogen) atoms. The summed E-state index contributed by atoms with van der Waals surface area (Å²) in [6.45, 7) is 0.930. The van der Waals surface area contributed by atoms with E-state index in [2.05, 4.69) is 15.6 Å². The number of hydrogen-bond acceptors (Lipinski definition) is 6. The smallest absolute Gasteiger partial charge is 0.255 e. The van der Waals surface area contributed by atoms with E-state index in [1.54, 1.807) is 72.7 Å². The van der Waals surface area contributed by atoms with Gasteiger partial charge in [0, 0.05) is 48.4 Å². The van der Waals surface area contributed by atoms with Crippen LogP contribution in [0.2, 0.25) is 0 Å². The average Bonchev–Trinajstić information content (AvgIpc) is 2.89. The molecule has 0 aromatic heterocycles. The van der Waals surface area contributed by atoms with Crippen LogP contribution >= 0.6 is 0 Å². The number of benzene rings is 3. The van der Waals surface area contributed by atoms with Gasteiger partial charge in [0.05, 0.1) is 12.7 Å². The van der Waals surface area contributed by atoms with E-state index < -0.39 is 11.5 Å². The molecule has 2 amide bonds. The maximum Gasteiger partial charge on any atom is 0.255 e. The van der Waals surface area contributed by atoms with Gasteiger partial charge >= 0.3 is 0 Å². The molecule has 0 saturated carbocycles. The van der Waals surface area contributed by atoms with Gasteiger partial charge in [0.1, 0.15) is 23.1 Å². The second-order valence-corrected chi connectivity index (χ2v) is 8.87. The third kappa shape index (κ3) is 4.47. The number of ether oxygens (including phenoxy) is 1. The zero-order valence-corrected chi connectivity index (χ0v) is 19.8. The molecule has 2 aliphatic heterocycles. The number of aliphatic imine (C=N–C) groups is 1. The zero-order chi connectivity index (χ0) is 25.3. The molecule has 2 aliphatic rings. The molecular formula is C27H26FN5O3. The number of amidine groups is 1. The molecular weight excluding hydrogens is 461 g/mol. The quantitative estimate of drug-likeness (QED) is 0.518. The summed E-state index contributed by atoms with van der Waals surface area (Å²) in [5.74, 6) is 0.0727. The highest BCUT2D eigenvalue weighted by Gasteiger charge is 2.39. The Labute approximate surface area is 208 Å². The summed E-state index contributed by atoms with van der Waals surface area (Å²) in [5, 5.41) is 6.16. The Morgan fingerprint density at radius 2 is 1.69 bits per heavy atom. The van der Waals surface area contributed by atoms with Crippen LogP contribution in [-0.4, -0.2) is 48.4 Å². The first kappa shape index (κ1) is 23.3. The number of anilines is 2. The van der Waals surface area contributed by atoms with Crippen molar-refractivity contribution in [1.29, 1.82) is 0 Å². The number of likely N-dealkylation sites (tertiary alicyclic amines) is 1. The van der Waals surface area contributed by atoms with Gasteiger partial charge in [-0.1, -0.05) is 6.07 Å². The number of amides is 2. The Kier molecular flexibility index (Phi) is 6.05. The molecule has 5 rings (SSSR count). The van der Waals surface area contributed by atoms with Gasteiger partial charge in [0.25, 0.3) is 11.8 Å². The lowest BCUT2D eigenvalue weighted by atomic mass is 9.93. The van der Waals surface area contributed by atoms with Crippen molar-refractivity contribution in [1.82, 2.24) is 4.90 Å². The summed E-state index contributed by atoms with van der Waals surface area (Å²) in [5.41, 5.74) is 7.93. The highest BCUT2D eigenvalue weighted by atomic mass is 19.1. The number of piperidine rings is 1. The van der Waals surface area contributed by atoms with Crippen LogP contribution < -0.4 is 21.1 Å². The molecule has 0 atom stereocenters. The summed E-state index contributed by atoms with van der Waals surface area (Å²) in [7, 11) is 1.58. The van der Waals surface area contributed by atoms with E-state index in [9.17, 15) is 14.0 Å². The molecule has 0 unspecified atom stereocenters. The number of nitrogens with zero attached hydrogens (tertiary/aromatic N) is 2. The van der Waals surface area contributed by atoms with Gasteiger partial charge in [-0.3, -0.25) is 9.59 Å². The maximum absolute atomic E-state index is 14.2. The lowest BCUT2D eigenvalue weighted by molar-refractivity contribution is 0.0685. The first-order valence-corrected chi connectivity index (χ1v) is 11.6. The minimum Gasteiger partial charge on any atom is -0.497 e. The number of fused-ring (bicyclic) bond motifs is 1. The molecule has 184 valence electrons. The summed E-state index contributed by atoms with van der Waals surface area (Å²) in [4.78, 5) is 32.0. The van der Waals surface area contributed by atoms with Crippen molar-refractivity contribution in [2.75, 3.05) is 30.8 Å². The number of methoxy groups -OCH3 is 1. The summed E-state index contributed by atoms with van der Waals surface area (Å²) < 4.78 is 19.3. The van der Waals surface area contributed by atoms with E-state index in [0.29, 0.717) is 54.2 Å². The van der Waals surface area contributed by atoms with Crippen molar-refractivity contribution in [2.24, 2.45) is 10.7 Å². The molecule has 4 N–H and O–H groups in total. The van der Waals surface area contributed by atoms with E-state index >= 15 is 0 Å². The fourth-order valence-electron chi connectivity index (χ4n) is 4.59. The lowest BCUT2D eigenvalue weighted by Crippen LogP contribution is -2.52. The van der Waals surface area contributed by atoms with E-state index in [-0.39, 0.29) is 23.2 Å². The fraction of sp³-hybridized carbons (Fsp3) is 0.222. The number of carbonyl (C=O) groups is 2. The Hall–Kier alpha value is -4.40. The van der Waals surface area contributed by atoms with Gasteiger partial charge in [-0.2, -0.15) is 0 Å². The van der Waals surface area contributed by atoms with Crippen LogP contribution in [0.5, 0.6) is 5.75 Å². The first-order valence-electron chi connectivity index (χ1n) is 11.6. The van der Waals surface area contributed by atoms with Crippen molar-refractivity contribution in [3.8, 4) is 5.75 Å². The number of halogens is 1. The fourth-order valence-corrected chi connectivity index (χ4v) is 4.59. The maximum atomic E-state index is 14.2. The van der Waals surface area contributed by atoms with E-state index in [4.69, 9.17) is 10.5 Å². The average molecular weight is 488 g/mol. The highest BCUT2D eigenvalue weighted by Crippen LogP contribution is 2.35. The molecule has 0 bridgehead atoms. The number of nitrogens with one attached hydrogen (secondary N) is 2. The van der Waals surface area contributed by atoms with Gasteiger partial charge in [-0.25, -0.2) is 9.38 Å². The van der Waals surface area contributed by atoms with Crippen molar-refractivity contribution in [2.45, 2.75) is 18.5 Å². The molecule has 3 aromatic carbocycles. The molecule has 1 saturated heterocycles. The molecule has 0 radical (unpaired) electrons. The summed E-state index contributed by atoms with van der Waals surface area (Å²) >= 11 is 0. The number of nitrogens with two attached hydrogens (primary N) is 1. The lowest BCUT2D eigenvalue weighted by Gasteiger charge is -2.42. The second kappa shape index (κ2) is 9.33. The largest absolute Gasteiger partial charge is 0.497 e. The van der Waals surface area contributed by atoms with Crippen LogP contribution in [0.4, 0.5) is 15.8 Å². The SMILES string of the molecule is COc1ccc(NC(=O)c2ccc(C(=O)N3CCC4(CC3)N=C(N)c3c(F)cccc3N4)cc2)cc1. The third-order valence-corrected chi connectivity index (χ3v) is 6.59. The van der Waals surface area contributed by atoms with Crippen molar-refractivity contribution < 1.29 is 18.7 Å². The van der Waals surface area contributed by atoms with Crippen LogP contribution in [0.25, 0.3) is 0 Å². The van der Waals surface area contributed by atoms with Gasteiger partial charge in [0.2, 0.25) is 0 Å². The molecule has 2 heterocycles. The normalized spacial score (nSPS) is 15.9. The van der Waals surface area contributed by atoms with Gasteiger partial charge in [0.15, 0.2) is 0 Å². The van der Waals surface area contributed by atoms with Crippen LogP contribution in [0, 0.1) is 5.82 Å². The monoisotopic (exact) mass is 487 g/mol. The van der Waals surface area contributed by atoms with Gasteiger partial charge in [-0.05, 0) is 60.7 Å². The Morgan fingerprint density at radius 3 is 2.36 bits per heavy atom. The Morgan fingerprint density at radius 1 is 1.03 bits per heavy atom. The predicted molar refractivity (Wildman–Crippen MR) is 136 cm³/mol. The van der Waals surface area contributed by atoms with Crippen molar-refractivity contribution in [3.63, 3.8) is 0 Å². The highest BCUT2D eigenvalue weighted by molar-refractivity contribution is 6.05. The number of carbonyl (C=O) groups excluding carboxylic acids is 2. The first-order chi connectivity index (χ1) is 17.4. The van der Waals surface area contributed by atoms with Crippen LogP contribution in [0.1, 0.15) is 39.1 Å². The molecule has 3 aromatic rings. The molecule has 9 heteroatoms. The van der Waals surface area contributed by atoms with Crippen LogP contribution in [-0.2, 0) is 0 Å². The number of hydrogen-bond donors (Lipinski definition) is 3. The van der Waals surface area contributed by atoms with E-state index in [0.717, 1.165) is 0 Å².